The Bertz CT molecular complexity index is 1450. The molecular formula is C29H23Cl2F3N2O2S. The van der Waals surface area contributed by atoms with Crippen LogP contribution in [0.2, 0.25) is 10.0 Å². The molecule has 0 aromatic heterocycles. The molecule has 0 unspecified atom stereocenters. The molecule has 4 rings (SSSR count). The first-order valence-electron chi connectivity index (χ1n) is 11.7. The summed E-state index contributed by atoms with van der Waals surface area (Å²) in [5.74, 6) is 0.794. The second kappa shape index (κ2) is 12.7. The lowest BCUT2D eigenvalue weighted by atomic mass is 10.1. The van der Waals surface area contributed by atoms with Gasteiger partial charge < -0.3 is 14.7 Å². The van der Waals surface area contributed by atoms with Gasteiger partial charge in [0, 0.05) is 18.0 Å². The number of amidine groups is 1. The number of halogens is 5. The number of hydrogen-bond acceptors (Lipinski definition) is 4. The summed E-state index contributed by atoms with van der Waals surface area (Å²) in [6.07, 6.45) is -4.45. The number of alkyl halides is 3. The Hall–Kier alpha value is -3.33. The van der Waals surface area contributed by atoms with Gasteiger partial charge in [-0.05, 0) is 77.9 Å². The van der Waals surface area contributed by atoms with Crippen molar-refractivity contribution in [1.82, 2.24) is 4.90 Å². The monoisotopic (exact) mass is 590 g/mol. The number of benzene rings is 4. The summed E-state index contributed by atoms with van der Waals surface area (Å²) in [5.41, 5.74) is 1.35. The van der Waals surface area contributed by atoms with Crippen LogP contribution in [0.5, 0.6) is 11.5 Å². The van der Waals surface area contributed by atoms with Gasteiger partial charge in [-0.2, -0.15) is 13.2 Å². The summed E-state index contributed by atoms with van der Waals surface area (Å²) < 4.78 is 44.8. The molecule has 0 aliphatic heterocycles. The van der Waals surface area contributed by atoms with Crippen LogP contribution in [-0.2, 0) is 19.3 Å². The Kier molecular flexibility index (Phi) is 9.32. The highest BCUT2D eigenvalue weighted by Gasteiger charge is 2.30. The molecule has 0 bridgehead atoms. The Morgan fingerprint density at radius 1 is 0.872 bits per heavy atom. The minimum atomic E-state index is -4.45. The lowest BCUT2D eigenvalue weighted by Gasteiger charge is -2.26. The molecule has 0 aliphatic carbocycles. The van der Waals surface area contributed by atoms with Crippen LogP contribution in [0.1, 0.15) is 16.7 Å². The van der Waals surface area contributed by atoms with Gasteiger partial charge in [0.2, 0.25) is 0 Å². The van der Waals surface area contributed by atoms with Crippen molar-refractivity contribution in [3.05, 3.63) is 118 Å². The molecule has 0 fully saturated rings. The van der Waals surface area contributed by atoms with Crippen LogP contribution in [0.4, 0.5) is 18.9 Å². The maximum Gasteiger partial charge on any atom is 0.416 e. The van der Waals surface area contributed by atoms with Crippen LogP contribution in [-0.4, -0.2) is 22.3 Å². The number of phenols is 1. The smallest absolute Gasteiger partial charge is 0.416 e. The fraction of sp³-hybridized carbons (Fsp3) is 0.138. The number of thioether (sulfide) groups is 1. The van der Waals surface area contributed by atoms with Gasteiger partial charge >= 0.3 is 6.18 Å². The van der Waals surface area contributed by atoms with Gasteiger partial charge in [-0.25, -0.2) is 4.99 Å². The maximum atomic E-state index is 13.1. The highest BCUT2D eigenvalue weighted by Crippen LogP contribution is 2.33. The summed E-state index contributed by atoms with van der Waals surface area (Å²) in [5, 5.41) is 11.1. The van der Waals surface area contributed by atoms with E-state index in [-0.39, 0.29) is 5.75 Å². The molecular weight excluding hydrogens is 568 g/mol. The molecule has 4 aromatic rings. The summed E-state index contributed by atoms with van der Waals surface area (Å²) in [6, 6.07) is 24.2. The highest BCUT2D eigenvalue weighted by molar-refractivity contribution is 8.13. The predicted octanol–water partition coefficient (Wildman–Crippen LogP) is 9.21. The maximum absolute atomic E-state index is 13.1. The molecule has 0 saturated carbocycles. The molecule has 10 heteroatoms. The number of nitrogens with zero attached hydrogens (tertiary/aromatic N) is 2. The van der Waals surface area contributed by atoms with E-state index < -0.39 is 11.7 Å². The van der Waals surface area contributed by atoms with Crippen molar-refractivity contribution >= 4 is 45.8 Å². The van der Waals surface area contributed by atoms with Crippen molar-refractivity contribution in [3.63, 3.8) is 0 Å². The lowest BCUT2D eigenvalue weighted by molar-refractivity contribution is -0.137. The van der Waals surface area contributed by atoms with Gasteiger partial charge in [0.05, 0.1) is 28.4 Å². The van der Waals surface area contributed by atoms with E-state index in [9.17, 15) is 18.3 Å². The number of methoxy groups -OCH3 is 1. The van der Waals surface area contributed by atoms with Crippen molar-refractivity contribution in [2.75, 3.05) is 7.11 Å². The van der Waals surface area contributed by atoms with Crippen molar-refractivity contribution in [2.45, 2.75) is 24.2 Å². The zero-order chi connectivity index (χ0) is 28.0. The SMILES string of the molecule is COc1cccc(SC(=Nc2ccc(C(F)(F)F)cc2)N(Cc2ccc(O)cc2)Cc2ccc(Cl)c(Cl)c2)c1. The fourth-order valence-corrected chi connectivity index (χ4v) is 4.90. The third-order valence-corrected chi connectivity index (χ3v) is 7.37. The lowest BCUT2D eigenvalue weighted by Crippen LogP contribution is -2.28. The average molecular weight is 591 g/mol. The first-order chi connectivity index (χ1) is 18.6. The molecule has 4 nitrogen and oxygen atoms in total. The van der Waals surface area contributed by atoms with Crippen LogP contribution >= 0.6 is 35.0 Å². The molecule has 0 spiro atoms. The first kappa shape index (κ1) is 28.7. The van der Waals surface area contributed by atoms with Crippen LogP contribution in [0.3, 0.4) is 0 Å². The quantitative estimate of drug-likeness (QED) is 0.132. The van der Waals surface area contributed by atoms with E-state index in [1.807, 2.05) is 35.2 Å². The second-order valence-electron chi connectivity index (χ2n) is 8.49. The van der Waals surface area contributed by atoms with Crippen molar-refractivity contribution < 1.29 is 23.0 Å². The first-order valence-corrected chi connectivity index (χ1v) is 13.2. The number of aliphatic imine (C=N–C) groups is 1. The van der Waals surface area contributed by atoms with Gasteiger partial charge in [0.1, 0.15) is 11.5 Å². The van der Waals surface area contributed by atoms with Crippen molar-refractivity contribution in [3.8, 4) is 11.5 Å². The second-order valence-corrected chi connectivity index (χ2v) is 10.3. The van der Waals surface area contributed by atoms with Crippen LogP contribution < -0.4 is 4.74 Å². The third kappa shape index (κ3) is 8.08. The van der Waals surface area contributed by atoms with E-state index in [2.05, 4.69) is 0 Å². The van der Waals surface area contributed by atoms with E-state index in [1.165, 1.54) is 23.9 Å². The zero-order valence-electron chi connectivity index (χ0n) is 20.6. The minimum Gasteiger partial charge on any atom is -0.508 e. The van der Waals surface area contributed by atoms with E-state index >= 15 is 0 Å². The number of phenolic OH excluding ortho intramolecular Hbond substituents is 1. The molecule has 0 atom stereocenters. The Labute approximate surface area is 238 Å². The molecule has 0 saturated heterocycles. The topological polar surface area (TPSA) is 45.1 Å². The van der Waals surface area contributed by atoms with Crippen molar-refractivity contribution in [1.29, 1.82) is 0 Å². The molecule has 4 aromatic carbocycles. The van der Waals surface area contributed by atoms with E-state index in [0.29, 0.717) is 39.7 Å². The summed E-state index contributed by atoms with van der Waals surface area (Å²) in [6.45, 7) is 0.755. The van der Waals surface area contributed by atoms with Crippen molar-refractivity contribution in [2.24, 2.45) is 4.99 Å². The van der Waals surface area contributed by atoms with Gasteiger partial charge in [-0.15, -0.1) is 0 Å². The molecule has 0 heterocycles. The zero-order valence-corrected chi connectivity index (χ0v) is 23.0. The average Bonchev–Trinajstić information content (AvgIpc) is 2.91. The summed E-state index contributed by atoms with van der Waals surface area (Å²) in [4.78, 5) is 7.58. The number of ether oxygens (including phenoxy) is 1. The van der Waals surface area contributed by atoms with Crippen LogP contribution in [0, 0.1) is 0 Å². The molecule has 1 N–H and O–H groups in total. The normalized spacial score (nSPS) is 11.9. The molecule has 39 heavy (non-hydrogen) atoms. The van der Waals surface area contributed by atoms with Gasteiger partial charge in [0.15, 0.2) is 5.17 Å². The Morgan fingerprint density at radius 3 is 2.18 bits per heavy atom. The molecule has 202 valence electrons. The van der Waals surface area contributed by atoms with Crippen LogP contribution in [0.15, 0.2) is 101 Å². The minimum absolute atomic E-state index is 0.138. The van der Waals surface area contributed by atoms with Gasteiger partial charge in [-0.1, -0.05) is 59.2 Å². The predicted molar refractivity (Wildman–Crippen MR) is 151 cm³/mol. The van der Waals surface area contributed by atoms with Crippen LogP contribution in [0.25, 0.3) is 0 Å². The number of hydrogen-bond donors (Lipinski definition) is 1. The highest BCUT2D eigenvalue weighted by atomic mass is 35.5. The van der Waals surface area contributed by atoms with E-state index in [4.69, 9.17) is 32.9 Å². The number of rotatable bonds is 7. The molecule has 0 amide bonds. The standard InChI is InChI=1S/C29H23Cl2F3N2O2S/c1-38-24-3-2-4-25(16-24)39-28(35-22-10-8-21(9-11-22)29(32,33)34)36(17-19-5-12-23(37)13-6-19)18-20-7-14-26(30)27(31)15-20/h2-16,37H,17-18H2,1H3. The largest absolute Gasteiger partial charge is 0.508 e. The summed E-state index contributed by atoms with van der Waals surface area (Å²) >= 11 is 13.7. The van der Waals surface area contributed by atoms with Gasteiger partial charge in [-0.3, -0.25) is 0 Å². The van der Waals surface area contributed by atoms with Gasteiger partial charge in [0.25, 0.3) is 0 Å². The fourth-order valence-electron chi connectivity index (χ4n) is 3.63. The van der Waals surface area contributed by atoms with E-state index in [1.54, 1.807) is 43.5 Å². The Balaban J connectivity index is 1.78. The number of aromatic hydroxyl groups is 1. The Morgan fingerprint density at radius 2 is 1.54 bits per heavy atom. The molecule has 0 radical (unpaired) electrons. The van der Waals surface area contributed by atoms with E-state index in [0.717, 1.165) is 28.2 Å². The summed E-state index contributed by atoms with van der Waals surface area (Å²) in [7, 11) is 1.57. The molecule has 0 aliphatic rings. The third-order valence-electron chi connectivity index (χ3n) is 5.61.